The fraction of sp³-hybridized carbons (Fsp3) is 0.533. The quantitative estimate of drug-likeness (QED) is 0.732. The predicted octanol–water partition coefficient (Wildman–Crippen LogP) is 0.706. The number of hydrogen-bond donors (Lipinski definition) is 3. The molecule has 4 heteroatoms. The van der Waals surface area contributed by atoms with Crippen LogP contribution in [0, 0.1) is 5.92 Å². The van der Waals surface area contributed by atoms with Gasteiger partial charge in [-0.25, -0.2) is 0 Å². The van der Waals surface area contributed by atoms with Crippen molar-refractivity contribution in [1.82, 2.24) is 10.6 Å². The molecule has 1 atom stereocenters. The van der Waals surface area contributed by atoms with Crippen LogP contribution in [-0.2, 0) is 11.2 Å². The van der Waals surface area contributed by atoms with E-state index in [0.29, 0.717) is 6.42 Å². The maximum absolute atomic E-state index is 12.1. The highest BCUT2D eigenvalue weighted by Gasteiger charge is 2.22. The SMILES string of the molecule is O=C(N[C@H](CO)Cc1ccccc1)C1CCNCC1. The predicted molar refractivity (Wildman–Crippen MR) is 74.8 cm³/mol. The second-order valence-corrected chi connectivity index (χ2v) is 5.10. The second-order valence-electron chi connectivity index (χ2n) is 5.10. The summed E-state index contributed by atoms with van der Waals surface area (Å²) in [6.45, 7) is 1.78. The molecule has 1 amide bonds. The molecule has 1 saturated heterocycles. The van der Waals surface area contributed by atoms with Crippen LogP contribution < -0.4 is 10.6 Å². The molecule has 0 saturated carbocycles. The monoisotopic (exact) mass is 262 g/mol. The van der Waals surface area contributed by atoms with Crippen molar-refractivity contribution >= 4 is 5.91 Å². The highest BCUT2D eigenvalue weighted by molar-refractivity contribution is 5.79. The Labute approximate surface area is 114 Å². The Morgan fingerprint density at radius 1 is 1.32 bits per heavy atom. The third-order valence-corrected chi connectivity index (χ3v) is 3.60. The molecular formula is C15H22N2O2. The molecule has 1 heterocycles. The Hall–Kier alpha value is -1.39. The lowest BCUT2D eigenvalue weighted by Crippen LogP contribution is -2.45. The van der Waals surface area contributed by atoms with Gasteiger partial charge >= 0.3 is 0 Å². The van der Waals surface area contributed by atoms with Crippen LogP contribution in [-0.4, -0.2) is 36.8 Å². The van der Waals surface area contributed by atoms with Gasteiger partial charge < -0.3 is 15.7 Å². The van der Waals surface area contributed by atoms with Crippen LogP contribution in [0.3, 0.4) is 0 Å². The van der Waals surface area contributed by atoms with E-state index in [0.717, 1.165) is 31.5 Å². The number of piperidine rings is 1. The summed E-state index contributed by atoms with van der Waals surface area (Å²) in [5.41, 5.74) is 1.13. The highest BCUT2D eigenvalue weighted by Crippen LogP contribution is 2.12. The van der Waals surface area contributed by atoms with Gasteiger partial charge in [0.25, 0.3) is 0 Å². The highest BCUT2D eigenvalue weighted by atomic mass is 16.3. The van der Waals surface area contributed by atoms with Crippen LogP contribution in [0.2, 0.25) is 0 Å². The van der Waals surface area contributed by atoms with Gasteiger partial charge in [-0.3, -0.25) is 4.79 Å². The van der Waals surface area contributed by atoms with Gasteiger partial charge in [-0.2, -0.15) is 0 Å². The van der Waals surface area contributed by atoms with Crippen molar-refractivity contribution in [2.24, 2.45) is 5.92 Å². The molecule has 1 aromatic carbocycles. The van der Waals surface area contributed by atoms with Crippen molar-refractivity contribution in [2.45, 2.75) is 25.3 Å². The molecular weight excluding hydrogens is 240 g/mol. The summed E-state index contributed by atoms with van der Waals surface area (Å²) in [7, 11) is 0. The lowest BCUT2D eigenvalue weighted by molar-refractivity contribution is -0.126. The van der Waals surface area contributed by atoms with Gasteiger partial charge in [-0.1, -0.05) is 30.3 Å². The number of carbonyl (C=O) groups excluding carboxylic acids is 1. The lowest BCUT2D eigenvalue weighted by atomic mass is 9.96. The van der Waals surface area contributed by atoms with Crippen LogP contribution in [0.25, 0.3) is 0 Å². The molecule has 1 aliphatic heterocycles. The number of aliphatic hydroxyl groups excluding tert-OH is 1. The van der Waals surface area contributed by atoms with Crippen LogP contribution in [0.5, 0.6) is 0 Å². The number of amides is 1. The van der Waals surface area contributed by atoms with Crippen LogP contribution in [0.15, 0.2) is 30.3 Å². The molecule has 4 nitrogen and oxygen atoms in total. The number of nitrogens with one attached hydrogen (secondary N) is 2. The standard InChI is InChI=1S/C15H22N2O2/c18-11-14(10-12-4-2-1-3-5-12)17-15(19)13-6-8-16-9-7-13/h1-5,13-14,16,18H,6-11H2,(H,17,19)/t14-/m0/s1. The fourth-order valence-electron chi connectivity index (χ4n) is 2.46. The molecule has 0 radical (unpaired) electrons. The first kappa shape index (κ1) is 14.0. The molecule has 3 N–H and O–H groups in total. The van der Waals surface area contributed by atoms with Crippen molar-refractivity contribution in [3.63, 3.8) is 0 Å². The molecule has 1 aromatic rings. The first-order chi connectivity index (χ1) is 9.29. The van der Waals surface area contributed by atoms with Crippen molar-refractivity contribution in [3.8, 4) is 0 Å². The fourth-order valence-corrected chi connectivity index (χ4v) is 2.46. The van der Waals surface area contributed by atoms with Crippen LogP contribution in [0.1, 0.15) is 18.4 Å². The molecule has 0 unspecified atom stereocenters. The van der Waals surface area contributed by atoms with E-state index in [1.807, 2.05) is 30.3 Å². The zero-order valence-electron chi connectivity index (χ0n) is 11.1. The van der Waals surface area contributed by atoms with Crippen molar-refractivity contribution in [1.29, 1.82) is 0 Å². The van der Waals surface area contributed by atoms with Crippen LogP contribution >= 0.6 is 0 Å². The maximum atomic E-state index is 12.1. The van der Waals surface area contributed by atoms with Crippen molar-refractivity contribution < 1.29 is 9.90 Å². The van der Waals surface area contributed by atoms with Crippen molar-refractivity contribution in [2.75, 3.05) is 19.7 Å². The van der Waals surface area contributed by atoms with Crippen molar-refractivity contribution in [3.05, 3.63) is 35.9 Å². The third-order valence-electron chi connectivity index (χ3n) is 3.60. The molecule has 0 spiro atoms. The Morgan fingerprint density at radius 2 is 2.00 bits per heavy atom. The summed E-state index contributed by atoms with van der Waals surface area (Å²) >= 11 is 0. The zero-order chi connectivity index (χ0) is 13.5. The largest absolute Gasteiger partial charge is 0.394 e. The minimum Gasteiger partial charge on any atom is -0.394 e. The number of carbonyl (C=O) groups is 1. The normalized spacial score (nSPS) is 17.9. The maximum Gasteiger partial charge on any atom is 0.223 e. The van der Waals surface area contributed by atoms with Gasteiger partial charge in [0.2, 0.25) is 5.91 Å². The van der Waals surface area contributed by atoms with E-state index in [-0.39, 0.29) is 24.5 Å². The number of hydrogen-bond acceptors (Lipinski definition) is 3. The van der Waals surface area contributed by atoms with E-state index in [1.54, 1.807) is 0 Å². The minimum atomic E-state index is -0.190. The molecule has 1 aliphatic rings. The Morgan fingerprint density at radius 3 is 2.63 bits per heavy atom. The van der Waals surface area contributed by atoms with Gasteiger partial charge in [0, 0.05) is 5.92 Å². The van der Waals surface area contributed by atoms with E-state index in [1.165, 1.54) is 0 Å². The molecule has 104 valence electrons. The lowest BCUT2D eigenvalue weighted by Gasteiger charge is -2.24. The summed E-state index contributed by atoms with van der Waals surface area (Å²) < 4.78 is 0. The van der Waals surface area contributed by atoms with Gasteiger partial charge in [0.05, 0.1) is 12.6 Å². The Kier molecular flexibility index (Phi) is 5.36. The number of benzene rings is 1. The first-order valence-electron chi connectivity index (χ1n) is 6.95. The summed E-state index contributed by atoms with van der Waals surface area (Å²) in [6, 6.07) is 9.74. The third kappa shape index (κ3) is 4.33. The average Bonchev–Trinajstić information content (AvgIpc) is 2.48. The van der Waals surface area contributed by atoms with E-state index < -0.39 is 0 Å². The zero-order valence-corrected chi connectivity index (χ0v) is 11.1. The van der Waals surface area contributed by atoms with E-state index in [2.05, 4.69) is 10.6 Å². The summed E-state index contributed by atoms with van der Waals surface area (Å²) in [5, 5.41) is 15.6. The first-order valence-corrected chi connectivity index (χ1v) is 6.95. The Bertz CT molecular complexity index is 388. The van der Waals surface area contributed by atoms with E-state index in [4.69, 9.17) is 0 Å². The van der Waals surface area contributed by atoms with Crippen LogP contribution in [0.4, 0.5) is 0 Å². The summed E-state index contributed by atoms with van der Waals surface area (Å²) in [5.74, 6) is 0.169. The minimum absolute atomic E-state index is 0.0222. The number of aliphatic hydroxyl groups is 1. The van der Waals surface area contributed by atoms with Gasteiger partial charge in [-0.05, 0) is 37.9 Å². The van der Waals surface area contributed by atoms with E-state index >= 15 is 0 Å². The topological polar surface area (TPSA) is 61.4 Å². The van der Waals surface area contributed by atoms with Gasteiger partial charge in [0.1, 0.15) is 0 Å². The van der Waals surface area contributed by atoms with E-state index in [9.17, 15) is 9.90 Å². The van der Waals surface area contributed by atoms with Gasteiger partial charge in [0.15, 0.2) is 0 Å². The summed E-state index contributed by atoms with van der Waals surface area (Å²) in [6.07, 6.45) is 2.44. The molecule has 2 rings (SSSR count). The average molecular weight is 262 g/mol. The van der Waals surface area contributed by atoms with Gasteiger partial charge in [-0.15, -0.1) is 0 Å². The molecule has 0 bridgehead atoms. The number of rotatable bonds is 5. The molecule has 0 aliphatic carbocycles. The molecule has 1 fully saturated rings. The second kappa shape index (κ2) is 7.26. The Balaban J connectivity index is 1.86. The smallest absolute Gasteiger partial charge is 0.223 e. The molecule has 19 heavy (non-hydrogen) atoms. The summed E-state index contributed by atoms with van der Waals surface area (Å²) in [4.78, 5) is 12.1. The molecule has 0 aromatic heterocycles.